The first kappa shape index (κ1) is 13.6. The van der Waals surface area contributed by atoms with Crippen LogP contribution in [-0.4, -0.2) is 37.8 Å². The number of aromatic nitrogens is 2. The second-order valence-electron chi connectivity index (χ2n) is 4.43. The van der Waals surface area contributed by atoms with Crippen molar-refractivity contribution in [1.29, 1.82) is 0 Å². The molecule has 0 amide bonds. The van der Waals surface area contributed by atoms with E-state index in [1.165, 1.54) is 12.5 Å². The first-order chi connectivity index (χ1) is 8.98. The number of nitrogens with zero attached hydrogens (tertiary/aromatic N) is 3. The van der Waals surface area contributed by atoms with Gasteiger partial charge in [0.1, 0.15) is 0 Å². The maximum atomic E-state index is 11.5. The Kier molecular flexibility index (Phi) is 3.90. The highest BCUT2D eigenvalue weighted by atomic mass is 32.2. The number of anilines is 1. The summed E-state index contributed by atoms with van der Waals surface area (Å²) in [5.41, 5.74) is 1.10. The van der Waals surface area contributed by atoms with Crippen LogP contribution in [0.4, 0.5) is 5.69 Å². The van der Waals surface area contributed by atoms with Crippen LogP contribution in [0, 0.1) is 0 Å². The predicted octanol–water partition coefficient (Wildman–Crippen LogP) is 1.42. The van der Waals surface area contributed by atoms with Crippen LogP contribution in [0.3, 0.4) is 0 Å². The van der Waals surface area contributed by atoms with Crippen molar-refractivity contribution in [3.05, 3.63) is 42.7 Å². The van der Waals surface area contributed by atoms with Gasteiger partial charge in [0.25, 0.3) is 0 Å². The highest BCUT2D eigenvalue weighted by Crippen LogP contribution is 2.12. The molecule has 0 aliphatic heterocycles. The molecule has 2 rings (SSSR count). The Morgan fingerprint density at radius 2 is 1.95 bits per heavy atom. The normalized spacial score (nSPS) is 11.5. The Hall–Kier alpha value is -1.82. The lowest BCUT2D eigenvalue weighted by Crippen LogP contribution is -2.23. The van der Waals surface area contributed by atoms with Crippen LogP contribution in [0.1, 0.15) is 0 Å². The summed E-state index contributed by atoms with van der Waals surface area (Å²) in [5.74, 6) is 0. The monoisotopic (exact) mass is 279 g/mol. The zero-order valence-electron chi connectivity index (χ0n) is 11.0. The third-order valence-electron chi connectivity index (χ3n) is 2.88. The van der Waals surface area contributed by atoms with Crippen molar-refractivity contribution in [3.63, 3.8) is 0 Å². The number of rotatable bonds is 5. The van der Waals surface area contributed by atoms with E-state index in [2.05, 4.69) is 9.88 Å². The molecular formula is C13H17N3O2S. The number of hydrogen-bond acceptors (Lipinski definition) is 4. The molecule has 19 heavy (non-hydrogen) atoms. The van der Waals surface area contributed by atoms with E-state index in [0.29, 0.717) is 13.1 Å². The topological polar surface area (TPSA) is 55.2 Å². The fraction of sp³-hybridized carbons (Fsp3) is 0.308. The lowest BCUT2D eigenvalue weighted by atomic mass is 10.3. The SMILES string of the molecule is CN(CCn1ccnc1S(C)(=O)=O)c1ccccc1. The predicted molar refractivity (Wildman–Crippen MR) is 75.0 cm³/mol. The van der Waals surface area contributed by atoms with E-state index < -0.39 is 9.84 Å². The van der Waals surface area contributed by atoms with Crippen molar-refractivity contribution in [2.24, 2.45) is 0 Å². The molecule has 0 atom stereocenters. The number of sulfone groups is 1. The van der Waals surface area contributed by atoms with Crippen molar-refractivity contribution in [2.45, 2.75) is 11.7 Å². The van der Waals surface area contributed by atoms with Crippen molar-refractivity contribution in [2.75, 3.05) is 24.7 Å². The Morgan fingerprint density at radius 1 is 1.26 bits per heavy atom. The summed E-state index contributed by atoms with van der Waals surface area (Å²) in [6.07, 6.45) is 4.38. The average molecular weight is 279 g/mol. The molecule has 1 aromatic carbocycles. The number of para-hydroxylation sites is 1. The van der Waals surface area contributed by atoms with Gasteiger partial charge in [0, 0.05) is 44.5 Å². The van der Waals surface area contributed by atoms with Gasteiger partial charge in [-0.25, -0.2) is 13.4 Å². The van der Waals surface area contributed by atoms with Crippen molar-refractivity contribution in [3.8, 4) is 0 Å². The molecular weight excluding hydrogens is 262 g/mol. The molecule has 1 aromatic heterocycles. The van der Waals surface area contributed by atoms with E-state index in [1.807, 2.05) is 37.4 Å². The Morgan fingerprint density at radius 3 is 2.58 bits per heavy atom. The minimum absolute atomic E-state index is 0.119. The van der Waals surface area contributed by atoms with E-state index in [4.69, 9.17) is 0 Å². The zero-order chi connectivity index (χ0) is 13.9. The van der Waals surface area contributed by atoms with E-state index in [9.17, 15) is 8.42 Å². The molecule has 2 aromatic rings. The summed E-state index contributed by atoms with van der Waals surface area (Å²) in [6, 6.07) is 9.96. The molecule has 102 valence electrons. The quantitative estimate of drug-likeness (QED) is 0.830. The second kappa shape index (κ2) is 5.44. The molecule has 0 radical (unpaired) electrons. The van der Waals surface area contributed by atoms with Gasteiger partial charge in [-0.05, 0) is 12.1 Å². The Balaban J connectivity index is 2.06. The van der Waals surface area contributed by atoms with Gasteiger partial charge < -0.3 is 9.47 Å². The summed E-state index contributed by atoms with van der Waals surface area (Å²) >= 11 is 0. The lowest BCUT2D eigenvalue weighted by molar-refractivity contribution is 0.565. The minimum atomic E-state index is -3.27. The Labute approximate surface area is 113 Å². The maximum absolute atomic E-state index is 11.5. The summed E-state index contributed by atoms with van der Waals surface area (Å²) < 4.78 is 24.7. The summed E-state index contributed by atoms with van der Waals surface area (Å²) in [6.45, 7) is 1.29. The molecule has 0 bridgehead atoms. The summed E-state index contributed by atoms with van der Waals surface area (Å²) in [4.78, 5) is 5.97. The highest BCUT2D eigenvalue weighted by molar-refractivity contribution is 7.90. The molecule has 6 heteroatoms. The van der Waals surface area contributed by atoms with Gasteiger partial charge in [0.2, 0.25) is 15.0 Å². The first-order valence-electron chi connectivity index (χ1n) is 5.96. The van der Waals surface area contributed by atoms with E-state index in [0.717, 1.165) is 5.69 Å². The number of hydrogen-bond donors (Lipinski definition) is 0. The minimum Gasteiger partial charge on any atom is -0.373 e. The van der Waals surface area contributed by atoms with Crippen LogP contribution < -0.4 is 4.90 Å². The molecule has 0 N–H and O–H groups in total. The standard InChI is InChI=1S/C13H17N3O2S/c1-15(12-6-4-3-5-7-12)10-11-16-9-8-14-13(16)19(2,17)18/h3-9H,10-11H2,1-2H3. The van der Waals surface area contributed by atoms with Crippen LogP contribution in [0.25, 0.3) is 0 Å². The molecule has 0 aliphatic carbocycles. The van der Waals surface area contributed by atoms with Crippen LogP contribution >= 0.6 is 0 Å². The third kappa shape index (κ3) is 3.35. The Bertz CT molecular complexity index is 635. The first-order valence-corrected chi connectivity index (χ1v) is 7.85. The van der Waals surface area contributed by atoms with Gasteiger partial charge in [0.15, 0.2) is 0 Å². The summed E-state index contributed by atoms with van der Waals surface area (Å²) in [5, 5.41) is 0.119. The molecule has 1 heterocycles. The maximum Gasteiger partial charge on any atom is 0.227 e. The molecule has 0 fully saturated rings. The fourth-order valence-corrected chi connectivity index (χ4v) is 2.69. The van der Waals surface area contributed by atoms with E-state index >= 15 is 0 Å². The molecule has 0 spiro atoms. The van der Waals surface area contributed by atoms with Gasteiger partial charge in [-0.1, -0.05) is 18.2 Å². The van der Waals surface area contributed by atoms with Gasteiger partial charge in [-0.2, -0.15) is 0 Å². The lowest BCUT2D eigenvalue weighted by Gasteiger charge is -2.19. The fourth-order valence-electron chi connectivity index (χ4n) is 1.86. The van der Waals surface area contributed by atoms with Gasteiger partial charge in [-0.15, -0.1) is 0 Å². The third-order valence-corrected chi connectivity index (χ3v) is 3.89. The number of likely N-dealkylation sites (N-methyl/N-ethyl adjacent to an activating group) is 1. The molecule has 0 unspecified atom stereocenters. The van der Waals surface area contributed by atoms with Crippen LogP contribution in [0.2, 0.25) is 0 Å². The average Bonchev–Trinajstić information content (AvgIpc) is 2.85. The van der Waals surface area contributed by atoms with E-state index in [-0.39, 0.29) is 5.16 Å². The molecule has 0 saturated heterocycles. The highest BCUT2D eigenvalue weighted by Gasteiger charge is 2.14. The van der Waals surface area contributed by atoms with Crippen LogP contribution in [0.15, 0.2) is 47.9 Å². The van der Waals surface area contributed by atoms with Crippen molar-refractivity contribution >= 4 is 15.5 Å². The van der Waals surface area contributed by atoms with Gasteiger partial charge >= 0.3 is 0 Å². The van der Waals surface area contributed by atoms with Crippen molar-refractivity contribution in [1.82, 2.24) is 9.55 Å². The largest absolute Gasteiger partial charge is 0.373 e. The number of benzene rings is 1. The molecule has 0 aliphatic rings. The van der Waals surface area contributed by atoms with E-state index in [1.54, 1.807) is 10.8 Å². The molecule has 0 saturated carbocycles. The van der Waals surface area contributed by atoms with Crippen LogP contribution in [0.5, 0.6) is 0 Å². The van der Waals surface area contributed by atoms with Crippen LogP contribution in [-0.2, 0) is 16.4 Å². The smallest absolute Gasteiger partial charge is 0.227 e. The zero-order valence-corrected chi connectivity index (χ0v) is 11.8. The van der Waals surface area contributed by atoms with Gasteiger partial charge in [-0.3, -0.25) is 0 Å². The summed E-state index contributed by atoms with van der Waals surface area (Å²) in [7, 11) is -1.29. The second-order valence-corrected chi connectivity index (χ2v) is 6.34. The van der Waals surface area contributed by atoms with Crippen molar-refractivity contribution < 1.29 is 8.42 Å². The van der Waals surface area contributed by atoms with Gasteiger partial charge in [0.05, 0.1) is 0 Å². The number of imidazole rings is 1. The molecule has 5 nitrogen and oxygen atoms in total.